The SMILES string of the molecule is CCc1cnc(C#N)c([N+](=O)[O-])c1. The first kappa shape index (κ1) is 9.13. The number of pyridine rings is 1. The molecule has 0 saturated carbocycles. The van der Waals surface area contributed by atoms with Crippen LogP contribution in [0.25, 0.3) is 0 Å². The van der Waals surface area contributed by atoms with Gasteiger partial charge in [0.1, 0.15) is 6.07 Å². The molecule has 0 aliphatic carbocycles. The molecular formula is C8H7N3O2. The third-order valence-electron chi connectivity index (χ3n) is 1.64. The summed E-state index contributed by atoms with van der Waals surface area (Å²) in [5.74, 6) is 0. The maximum atomic E-state index is 10.5. The molecule has 5 nitrogen and oxygen atoms in total. The Hall–Kier alpha value is -1.96. The van der Waals surface area contributed by atoms with Crippen LogP contribution in [0.15, 0.2) is 12.3 Å². The monoisotopic (exact) mass is 177 g/mol. The van der Waals surface area contributed by atoms with Crippen LogP contribution in [0.2, 0.25) is 0 Å². The molecule has 13 heavy (non-hydrogen) atoms. The van der Waals surface area contributed by atoms with E-state index in [1.165, 1.54) is 12.3 Å². The van der Waals surface area contributed by atoms with Crippen molar-refractivity contribution in [3.8, 4) is 6.07 Å². The lowest BCUT2D eigenvalue weighted by molar-refractivity contribution is -0.385. The van der Waals surface area contributed by atoms with E-state index >= 15 is 0 Å². The first-order valence-corrected chi connectivity index (χ1v) is 3.72. The lowest BCUT2D eigenvalue weighted by Gasteiger charge is -1.96. The van der Waals surface area contributed by atoms with Gasteiger partial charge in [-0.3, -0.25) is 10.1 Å². The van der Waals surface area contributed by atoms with Crippen LogP contribution in [-0.4, -0.2) is 9.91 Å². The van der Waals surface area contributed by atoms with Gasteiger partial charge in [0.25, 0.3) is 0 Å². The normalized spacial score (nSPS) is 9.23. The molecule has 1 aromatic heterocycles. The maximum Gasteiger partial charge on any atom is 0.305 e. The fraction of sp³-hybridized carbons (Fsp3) is 0.250. The number of aromatic nitrogens is 1. The second kappa shape index (κ2) is 3.63. The third kappa shape index (κ3) is 1.79. The zero-order valence-corrected chi connectivity index (χ0v) is 7.02. The fourth-order valence-corrected chi connectivity index (χ4v) is 0.913. The summed E-state index contributed by atoms with van der Waals surface area (Å²) in [4.78, 5) is 13.6. The van der Waals surface area contributed by atoms with Gasteiger partial charge in [-0.2, -0.15) is 5.26 Å². The van der Waals surface area contributed by atoms with Crippen LogP contribution in [0.3, 0.4) is 0 Å². The first-order chi connectivity index (χ1) is 6.19. The molecule has 0 atom stereocenters. The maximum absolute atomic E-state index is 10.5. The lowest BCUT2D eigenvalue weighted by Crippen LogP contribution is -1.96. The van der Waals surface area contributed by atoms with Crippen molar-refractivity contribution in [3.63, 3.8) is 0 Å². The number of rotatable bonds is 2. The minimum atomic E-state index is -0.593. The van der Waals surface area contributed by atoms with Crippen LogP contribution in [0, 0.1) is 21.4 Å². The number of nitrogens with zero attached hydrogens (tertiary/aromatic N) is 3. The fourth-order valence-electron chi connectivity index (χ4n) is 0.913. The van der Waals surface area contributed by atoms with E-state index in [4.69, 9.17) is 5.26 Å². The van der Waals surface area contributed by atoms with Gasteiger partial charge in [-0.15, -0.1) is 0 Å². The van der Waals surface area contributed by atoms with E-state index in [0.717, 1.165) is 5.56 Å². The van der Waals surface area contributed by atoms with Gasteiger partial charge in [0.05, 0.1) is 4.92 Å². The zero-order valence-electron chi connectivity index (χ0n) is 7.02. The van der Waals surface area contributed by atoms with Gasteiger partial charge in [0, 0.05) is 12.3 Å². The second-order valence-corrected chi connectivity index (χ2v) is 2.43. The molecule has 0 aliphatic heterocycles. The number of aryl methyl sites for hydroxylation is 1. The highest BCUT2D eigenvalue weighted by atomic mass is 16.6. The Balaban J connectivity index is 3.28. The predicted molar refractivity (Wildman–Crippen MR) is 45.0 cm³/mol. The highest BCUT2D eigenvalue weighted by Crippen LogP contribution is 2.16. The summed E-state index contributed by atoms with van der Waals surface area (Å²) in [6, 6.07) is 3.06. The summed E-state index contributed by atoms with van der Waals surface area (Å²) < 4.78 is 0. The molecule has 0 saturated heterocycles. The molecule has 0 bridgehead atoms. The van der Waals surface area contributed by atoms with E-state index < -0.39 is 4.92 Å². The molecule has 1 rings (SSSR count). The van der Waals surface area contributed by atoms with Crippen molar-refractivity contribution < 1.29 is 4.92 Å². The molecule has 0 spiro atoms. The van der Waals surface area contributed by atoms with Gasteiger partial charge in [-0.25, -0.2) is 4.98 Å². The van der Waals surface area contributed by atoms with Crippen molar-refractivity contribution in [1.29, 1.82) is 5.26 Å². The lowest BCUT2D eigenvalue weighted by atomic mass is 10.2. The van der Waals surface area contributed by atoms with E-state index in [1.54, 1.807) is 6.07 Å². The molecule has 0 unspecified atom stereocenters. The van der Waals surface area contributed by atoms with E-state index in [9.17, 15) is 10.1 Å². The number of hydrogen-bond donors (Lipinski definition) is 0. The van der Waals surface area contributed by atoms with E-state index in [0.29, 0.717) is 6.42 Å². The second-order valence-electron chi connectivity index (χ2n) is 2.43. The van der Waals surface area contributed by atoms with Crippen molar-refractivity contribution in [2.24, 2.45) is 0 Å². The van der Waals surface area contributed by atoms with Gasteiger partial charge < -0.3 is 0 Å². The van der Waals surface area contributed by atoms with Crippen molar-refractivity contribution in [2.75, 3.05) is 0 Å². The molecule has 1 heterocycles. The van der Waals surface area contributed by atoms with Crippen molar-refractivity contribution in [2.45, 2.75) is 13.3 Å². The number of nitro groups is 1. The average molecular weight is 177 g/mol. The standard InChI is InChI=1S/C8H7N3O2/c1-2-6-3-8(11(12)13)7(4-9)10-5-6/h3,5H,2H2,1H3. The molecule has 0 aliphatic rings. The van der Waals surface area contributed by atoms with E-state index in [1.807, 2.05) is 6.92 Å². The van der Waals surface area contributed by atoms with Crippen LogP contribution in [0.5, 0.6) is 0 Å². The van der Waals surface area contributed by atoms with Gasteiger partial charge in [0.15, 0.2) is 0 Å². The Labute approximate surface area is 74.8 Å². The summed E-state index contributed by atoms with van der Waals surface area (Å²) in [5, 5.41) is 19.0. The Morgan fingerprint density at radius 1 is 1.77 bits per heavy atom. The molecule has 0 radical (unpaired) electrons. The highest BCUT2D eigenvalue weighted by Gasteiger charge is 2.14. The minimum Gasteiger partial charge on any atom is -0.258 e. The van der Waals surface area contributed by atoms with Gasteiger partial charge in [-0.05, 0) is 12.0 Å². The molecular weight excluding hydrogens is 170 g/mol. The Kier molecular flexibility index (Phi) is 2.55. The molecule has 5 heteroatoms. The molecule has 0 N–H and O–H groups in total. The summed E-state index contributed by atoms with van der Waals surface area (Å²) in [5.41, 5.74) is 0.398. The van der Waals surface area contributed by atoms with Crippen LogP contribution >= 0.6 is 0 Å². The first-order valence-electron chi connectivity index (χ1n) is 3.72. The van der Waals surface area contributed by atoms with Gasteiger partial charge in [-0.1, -0.05) is 6.92 Å². The molecule has 1 aromatic rings. The Morgan fingerprint density at radius 3 is 2.92 bits per heavy atom. The van der Waals surface area contributed by atoms with Crippen molar-refractivity contribution in [3.05, 3.63) is 33.6 Å². The number of hydrogen-bond acceptors (Lipinski definition) is 4. The summed E-state index contributed by atoms with van der Waals surface area (Å²) >= 11 is 0. The van der Waals surface area contributed by atoms with Crippen molar-refractivity contribution >= 4 is 5.69 Å². The smallest absolute Gasteiger partial charge is 0.258 e. The summed E-state index contributed by atoms with van der Waals surface area (Å²) in [6.45, 7) is 1.87. The zero-order chi connectivity index (χ0) is 9.84. The Bertz CT molecular complexity index is 381. The largest absolute Gasteiger partial charge is 0.305 e. The molecule has 0 amide bonds. The molecule has 0 fully saturated rings. The minimum absolute atomic E-state index is 0.137. The third-order valence-corrected chi connectivity index (χ3v) is 1.64. The van der Waals surface area contributed by atoms with Crippen LogP contribution < -0.4 is 0 Å². The van der Waals surface area contributed by atoms with Crippen molar-refractivity contribution in [1.82, 2.24) is 4.98 Å². The highest BCUT2D eigenvalue weighted by molar-refractivity contribution is 5.45. The van der Waals surface area contributed by atoms with Gasteiger partial charge in [0.2, 0.25) is 5.69 Å². The topological polar surface area (TPSA) is 79.8 Å². The van der Waals surface area contributed by atoms with Gasteiger partial charge >= 0.3 is 5.69 Å². The van der Waals surface area contributed by atoms with Crippen LogP contribution in [0.1, 0.15) is 18.2 Å². The van der Waals surface area contributed by atoms with E-state index in [-0.39, 0.29) is 11.4 Å². The van der Waals surface area contributed by atoms with Crippen LogP contribution in [-0.2, 0) is 6.42 Å². The summed E-state index contributed by atoms with van der Waals surface area (Å²) in [7, 11) is 0. The van der Waals surface area contributed by atoms with Crippen LogP contribution in [0.4, 0.5) is 5.69 Å². The van der Waals surface area contributed by atoms with E-state index in [2.05, 4.69) is 4.98 Å². The predicted octanol–water partition coefficient (Wildman–Crippen LogP) is 1.42. The quantitative estimate of drug-likeness (QED) is 0.505. The average Bonchev–Trinajstić information content (AvgIpc) is 2.16. The molecule has 66 valence electrons. The Morgan fingerprint density at radius 2 is 2.46 bits per heavy atom. The molecule has 0 aromatic carbocycles. The summed E-state index contributed by atoms with van der Waals surface area (Å²) in [6.07, 6.45) is 2.14. The number of nitriles is 1.